The van der Waals surface area contributed by atoms with E-state index in [2.05, 4.69) is 34.9 Å². The number of anilines is 2. The SMILES string of the molecule is CNc1ccc(Oc2ccc(-c3ccc(Oc4ccc(NC)cc4)cc3)cc2)cc1. The fraction of sp³-hybridized carbons (Fsp3) is 0.0769. The lowest BCUT2D eigenvalue weighted by molar-refractivity contribution is 0.482. The van der Waals surface area contributed by atoms with Crippen molar-refractivity contribution in [1.29, 1.82) is 0 Å². The molecule has 0 radical (unpaired) electrons. The van der Waals surface area contributed by atoms with Gasteiger partial charge in [0.15, 0.2) is 0 Å². The zero-order chi connectivity index (χ0) is 20.8. The van der Waals surface area contributed by atoms with Crippen LogP contribution in [0.3, 0.4) is 0 Å². The number of rotatable bonds is 7. The highest BCUT2D eigenvalue weighted by Crippen LogP contribution is 2.29. The molecule has 0 unspecified atom stereocenters. The summed E-state index contributed by atoms with van der Waals surface area (Å²) in [5.74, 6) is 3.24. The first-order valence-electron chi connectivity index (χ1n) is 9.85. The van der Waals surface area contributed by atoms with Crippen LogP contribution in [-0.4, -0.2) is 14.1 Å². The summed E-state index contributed by atoms with van der Waals surface area (Å²) in [6, 6.07) is 31.9. The Bertz CT molecular complexity index is 981. The van der Waals surface area contributed by atoms with Crippen LogP contribution in [-0.2, 0) is 0 Å². The maximum atomic E-state index is 5.92. The van der Waals surface area contributed by atoms with Crippen LogP contribution in [0.25, 0.3) is 11.1 Å². The second kappa shape index (κ2) is 9.05. The van der Waals surface area contributed by atoms with Crippen LogP contribution in [0.1, 0.15) is 0 Å². The highest BCUT2D eigenvalue weighted by molar-refractivity contribution is 5.65. The van der Waals surface area contributed by atoms with Gasteiger partial charge in [0.1, 0.15) is 23.0 Å². The molecule has 4 nitrogen and oxygen atoms in total. The summed E-state index contributed by atoms with van der Waals surface area (Å²) in [5, 5.41) is 6.20. The van der Waals surface area contributed by atoms with Crippen molar-refractivity contribution in [2.24, 2.45) is 0 Å². The molecule has 0 aliphatic rings. The topological polar surface area (TPSA) is 42.5 Å². The molecule has 0 bridgehead atoms. The molecule has 0 aliphatic heterocycles. The monoisotopic (exact) mass is 396 g/mol. The fourth-order valence-electron chi connectivity index (χ4n) is 3.08. The van der Waals surface area contributed by atoms with Crippen LogP contribution in [0, 0.1) is 0 Å². The molecular weight excluding hydrogens is 372 g/mol. The van der Waals surface area contributed by atoms with Crippen molar-refractivity contribution in [3.8, 4) is 34.1 Å². The third-order valence-corrected chi connectivity index (χ3v) is 4.80. The first-order chi connectivity index (χ1) is 14.7. The van der Waals surface area contributed by atoms with Crippen molar-refractivity contribution < 1.29 is 9.47 Å². The summed E-state index contributed by atoms with van der Waals surface area (Å²) in [6.45, 7) is 0. The van der Waals surface area contributed by atoms with Crippen LogP contribution in [0.4, 0.5) is 11.4 Å². The summed E-state index contributed by atoms with van der Waals surface area (Å²) in [4.78, 5) is 0. The third kappa shape index (κ3) is 4.73. The van der Waals surface area contributed by atoms with E-state index in [4.69, 9.17) is 9.47 Å². The molecule has 0 aliphatic carbocycles. The van der Waals surface area contributed by atoms with Gasteiger partial charge in [-0.1, -0.05) is 24.3 Å². The highest BCUT2D eigenvalue weighted by Gasteiger charge is 2.03. The number of hydrogen-bond donors (Lipinski definition) is 2. The van der Waals surface area contributed by atoms with Gasteiger partial charge in [0.05, 0.1) is 0 Å². The predicted octanol–water partition coefficient (Wildman–Crippen LogP) is 7.02. The predicted molar refractivity (Wildman–Crippen MR) is 124 cm³/mol. The van der Waals surface area contributed by atoms with Crippen molar-refractivity contribution in [3.05, 3.63) is 97.1 Å². The van der Waals surface area contributed by atoms with Crippen molar-refractivity contribution in [3.63, 3.8) is 0 Å². The largest absolute Gasteiger partial charge is 0.457 e. The first-order valence-corrected chi connectivity index (χ1v) is 9.85. The van der Waals surface area contributed by atoms with Gasteiger partial charge in [-0.3, -0.25) is 0 Å². The molecule has 0 atom stereocenters. The molecule has 0 saturated carbocycles. The van der Waals surface area contributed by atoms with Gasteiger partial charge in [0, 0.05) is 25.5 Å². The molecule has 0 amide bonds. The molecule has 30 heavy (non-hydrogen) atoms. The van der Waals surface area contributed by atoms with Crippen LogP contribution < -0.4 is 20.1 Å². The van der Waals surface area contributed by atoms with E-state index in [1.165, 1.54) is 0 Å². The summed E-state index contributed by atoms with van der Waals surface area (Å²) < 4.78 is 11.8. The Labute approximate surface area is 177 Å². The average molecular weight is 396 g/mol. The number of nitrogens with one attached hydrogen (secondary N) is 2. The molecule has 0 heterocycles. The van der Waals surface area contributed by atoms with E-state index in [0.29, 0.717) is 0 Å². The number of benzene rings is 4. The highest BCUT2D eigenvalue weighted by atomic mass is 16.5. The molecule has 4 rings (SSSR count). The van der Waals surface area contributed by atoms with Gasteiger partial charge < -0.3 is 20.1 Å². The lowest BCUT2D eigenvalue weighted by Gasteiger charge is -2.09. The Balaban J connectivity index is 1.40. The van der Waals surface area contributed by atoms with E-state index in [1.807, 2.05) is 86.9 Å². The minimum Gasteiger partial charge on any atom is -0.457 e. The molecule has 4 heteroatoms. The lowest BCUT2D eigenvalue weighted by Crippen LogP contribution is -1.89. The van der Waals surface area contributed by atoms with Crippen LogP contribution in [0.2, 0.25) is 0 Å². The maximum absolute atomic E-state index is 5.92. The third-order valence-electron chi connectivity index (χ3n) is 4.80. The average Bonchev–Trinajstić information content (AvgIpc) is 2.81. The molecule has 0 spiro atoms. The Morgan fingerprint density at radius 2 is 0.667 bits per heavy atom. The zero-order valence-corrected chi connectivity index (χ0v) is 17.1. The van der Waals surface area contributed by atoms with Crippen molar-refractivity contribution in [2.75, 3.05) is 24.7 Å². The quantitative estimate of drug-likeness (QED) is 0.352. The fourth-order valence-corrected chi connectivity index (χ4v) is 3.08. The Kier molecular flexibility index (Phi) is 5.85. The lowest BCUT2D eigenvalue weighted by atomic mass is 10.1. The summed E-state index contributed by atoms with van der Waals surface area (Å²) >= 11 is 0. The molecule has 0 aromatic heterocycles. The molecule has 2 N–H and O–H groups in total. The van der Waals surface area contributed by atoms with Crippen molar-refractivity contribution in [2.45, 2.75) is 0 Å². The first kappa shape index (κ1) is 19.4. The maximum Gasteiger partial charge on any atom is 0.127 e. The van der Waals surface area contributed by atoms with Crippen LogP contribution in [0.15, 0.2) is 97.1 Å². The Morgan fingerprint density at radius 1 is 0.400 bits per heavy atom. The van der Waals surface area contributed by atoms with Gasteiger partial charge in [-0.2, -0.15) is 0 Å². The van der Waals surface area contributed by atoms with Crippen LogP contribution in [0.5, 0.6) is 23.0 Å². The van der Waals surface area contributed by atoms with Gasteiger partial charge >= 0.3 is 0 Å². The van der Waals surface area contributed by atoms with E-state index in [9.17, 15) is 0 Å². The van der Waals surface area contributed by atoms with Gasteiger partial charge in [-0.15, -0.1) is 0 Å². The summed E-state index contributed by atoms with van der Waals surface area (Å²) in [6.07, 6.45) is 0. The van der Waals surface area contributed by atoms with E-state index >= 15 is 0 Å². The Hall–Kier alpha value is -3.92. The molecular formula is C26H24N2O2. The van der Waals surface area contributed by atoms with Crippen molar-refractivity contribution in [1.82, 2.24) is 0 Å². The molecule has 0 saturated heterocycles. The molecule has 4 aromatic carbocycles. The van der Waals surface area contributed by atoms with Crippen molar-refractivity contribution >= 4 is 11.4 Å². The standard InChI is InChI=1S/C26H24N2O2/c1-27-21-7-15-25(16-8-21)29-23-11-3-19(4-12-23)20-5-13-24(14-6-20)30-26-17-9-22(28-2)10-18-26/h3-18,27-28H,1-2H3. The normalized spacial score (nSPS) is 10.3. The van der Waals surface area contributed by atoms with Gasteiger partial charge in [-0.05, 0) is 83.9 Å². The second-order valence-corrected chi connectivity index (χ2v) is 6.80. The molecule has 4 aromatic rings. The minimum atomic E-state index is 0.806. The Morgan fingerprint density at radius 3 is 0.933 bits per heavy atom. The van der Waals surface area contributed by atoms with Gasteiger partial charge in [0.2, 0.25) is 0 Å². The van der Waals surface area contributed by atoms with E-state index < -0.39 is 0 Å². The molecule has 0 fully saturated rings. The smallest absolute Gasteiger partial charge is 0.127 e. The van der Waals surface area contributed by atoms with Crippen LogP contribution >= 0.6 is 0 Å². The summed E-state index contributed by atoms with van der Waals surface area (Å²) in [5.41, 5.74) is 4.36. The van der Waals surface area contributed by atoms with E-state index in [-0.39, 0.29) is 0 Å². The second-order valence-electron chi connectivity index (χ2n) is 6.80. The van der Waals surface area contributed by atoms with E-state index in [1.54, 1.807) is 0 Å². The number of hydrogen-bond acceptors (Lipinski definition) is 4. The van der Waals surface area contributed by atoms with Gasteiger partial charge in [0.25, 0.3) is 0 Å². The summed E-state index contributed by atoms with van der Waals surface area (Å²) in [7, 11) is 3.79. The van der Waals surface area contributed by atoms with Gasteiger partial charge in [-0.25, -0.2) is 0 Å². The zero-order valence-electron chi connectivity index (χ0n) is 17.1. The molecule has 150 valence electrons. The van der Waals surface area contributed by atoms with E-state index in [0.717, 1.165) is 45.5 Å². The minimum absolute atomic E-state index is 0.806. The number of ether oxygens (including phenoxy) is 2.